The number of methoxy groups -OCH3 is 2. The number of rotatable bonds is 4. The Kier molecular flexibility index (Phi) is 5.11. The maximum Gasteiger partial charge on any atom is 0.262 e. The molecule has 0 saturated carbocycles. The molecule has 2 atom stereocenters. The van der Waals surface area contributed by atoms with E-state index in [1.54, 1.807) is 29.2 Å². The Morgan fingerprint density at radius 1 is 1.35 bits per heavy atom. The van der Waals surface area contributed by atoms with Gasteiger partial charge in [0.15, 0.2) is 26.5 Å². The van der Waals surface area contributed by atoms with Crippen molar-refractivity contribution in [1.82, 2.24) is 0 Å². The van der Waals surface area contributed by atoms with Crippen molar-refractivity contribution in [3.05, 3.63) is 18.2 Å². The first-order valence-corrected chi connectivity index (χ1v) is 10.5. The van der Waals surface area contributed by atoms with Crippen LogP contribution in [0.4, 0.5) is 5.69 Å². The highest BCUT2D eigenvalue weighted by molar-refractivity contribution is 8.16. The predicted octanol–water partition coefficient (Wildman–Crippen LogP) is 1.22. The lowest BCUT2D eigenvalue weighted by Gasteiger charge is -2.25. The SMILES string of the molecule is COc1ccc(N2C(=NC(=O)CC#N)S[C@H]3CS(=O)(=O)C[C@H]32)cc1OC. The van der Waals surface area contributed by atoms with Crippen molar-refractivity contribution in [3.63, 3.8) is 0 Å². The number of thioether (sulfide) groups is 1. The molecule has 2 saturated heterocycles. The van der Waals surface area contributed by atoms with Gasteiger partial charge in [-0.3, -0.25) is 4.79 Å². The summed E-state index contributed by atoms with van der Waals surface area (Å²) in [6, 6.07) is 6.65. The number of aliphatic imine (C=N–C) groups is 1. The number of nitriles is 1. The molecule has 10 heteroatoms. The number of hydrogen-bond donors (Lipinski definition) is 0. The summed E-state index contributed by atoms with van der Waals surface area (Å²) in [5, 5.41) is 8.88. The van der Waals surface area contributed by atoms with Crippen LogP contribution in [0, 0.1) is 11.3 Å². The number of ether oxygens (including phenoxy) is 2. The highest BCUT2D eigenvalue weighted by atomic mass is 32.2. The van der Waals surface area contributed by atoms with Crippen LogP contribution in [0.2, 0.25) is 0 Å². The van der Waals surface area contributed by atoms with E-state index in [2.05, 4.69) is 4.99 Å². The van der Waals surface area contributed by atoms with Gasteiger partial charge in [-0.2, -0.15) is 10.3 Å². The molecule has 2 aliphatic heterocycles. The second kappa shape index (κ2) is 7.17. The van der Waals surface area contributed by atoms with Crippen molar-refractivity contribution in [3.8, 4) is 17.6 Å². The summed E-state index contributed by atoms with van der Waals surface area (Å²) in [7, 11) is -0.115. The molecule has 1 aromatic carbocycles. The third kappa shape index (κ3) is 3.50. The molecule has 138 valence electrons. The van der Waals surface area contributed by atoms with Crippen LogP contribution in [0.5, 0.6) is 11.5 Å². The largest absolute Gasteiger partial charge is 0.493 e. The number of anilines is 1. The third-order valence-corrected chi connectivity index (χ3v) is 7.37. The molecule has 2 fully saturated rings. The zero-order valence-corrected chi connectivity index (χ0v) is 15.8. The summed E-state index contributed by atoms with van der Waals surface area (Å²) < 4.78 is 34.6. The molecule has 0 spiro atoms. The fraction of sp³-hybridized carbons (Fsp3) is 0.438. The Morgan fingerprint density at radius 2 is 2.08 bits per heavy atom. The molecule has 1 aromatic rings. The number of benzene rings is 1. The van der Waals surface area contributed by atoms with E-state index in [1.807, 2.05) is 0 Å². The average Bonchev–Trinajstić information content (AvgIpc) is 3.05. The summed E-state index contributed by atoms with van der Waals surface area (Å²) in [5.41, 5.74) is 0.656. The Hall–Kier alpha value is -2.25. The second-order valence-electron chi connectivity index (χ2n) is 5.83. The highest BCUT2D eigenvalue weighted by Crippen LogP contribution is 2.43. The van der Waals surface area contributed by atoms with E-state index in [-0.39, 0.29) is 29.2 Å². The Bertz CT molecular complexity index is 907. The molecule has 1 amide bonds. The molecule has 26 heavy (non-hydrogen) atoms. The molecular weight excluding hydrogens is 378 g/mol. The van der Waals surface area contributed by atoms with E-state index >= 15 is 0 Å². The number of carbonyl (C=O) groups is 1. The molecular formula is C16H17N3O5S2. The lowest BCUT2D eigenvalue weighted by Crippen LogP contribution is -2.37. The maximum absolute atomic E-state index is 12.0. The average molecular weight is 395 g/mol. The van der Waals surface area contributed by atoms with Crippen molar-refractivity contribution in [1.29, 1.82) is 5.26 Å². The molecule has 2 aliphatic rings. The molecule has 0 N–H and O–H groups in total. The van der Waals surface area contributed by atoms with Crippen LogP contribution in [-0.2, 0) is 14.6 Å². The Labute approximate surface area is 155 Å². The smallest absolute Gasteiger partial charge is 0.262 e. The fourth-order valence-electron chi connectivity index (χ4n) is 3.06. The van der Waals surface area contributed by atoms with Crippen LogP contribution in [-0.4, -0.2) is 56.5 Å². The minimum absolute atomic E-state index is 0.00945. The van der Waals surface area contributed by atoms with Crippen LogP contribution in [0.3, 0.4) is 0 Å². The van der Waals surface area contributed by atoms with Gasteiger partial charge in [-0.25, -0.2) is 8.42 Å². The minimum atomic E-state index is -3.15. The first-order chi connectivity index (χ1) is 12.4. The van der Waals surface area contributed by atoms with Gasteiger partial charge in [-0.1, -0.05) is 11.8 Å². The van der Waals surface area contributed by atoms with Crippen molar-refractivity contribution in [2.24, 2.45) is 4.99 Å². The Balaban J connectivity index is 2.03. The Morgan fingerprint density at radius 3 is 2.73 bits per heavy atom. The van der Waals surface area contributed by atoms with E-state index in [9.17, 15) is 13.2 Å². The van der Waals surface area contributed by atoms with Crippen molar-refractivity contribution in [2.75, 3.05) is 30.6 Å². The third-order valence-electron chi connectivity index (χ3n) is 4.16. The molecule has 0 radical (unpaired) electrons. The highest BCUT2D eigenvalue weighted by Gasteiger charge is 2.49. The van der Waals surface area contributed by atoms with Crippen LogP contribution in [0.25, 0.3) is 0 Å². The zero-order valence-electron chi connectivity index (χ0n) is 14.2. The number of carbonyl (C=O) groups excluding carboxylic acids is 1. The lowest BCUT2D eigenvalue weighted by molar-refractivity contribution is -0.116. The summed E-state index contributed by atoms with van der Waals surface area (Å²) in [5.74, 6) is 0.505. The molecule has 8 nitrogen and oxygen atoms in total. The first kappa shape index (κ1) is 18.5. The number of fused-ring (bicyclic) bond motifs is 1. The van der Waals surface area contributed by atoms with Crippen LogP contribution in [0.15, 0.2) is 23.2 Å². The number of hydrogen-bond acceptors (Lipinski definition) is 7. The number of sulfone groups is 1. The van der Waals surface area contributed by atoms with E-state index < -0.39 is 15.7 Å². The fourth-order valence-corrected chi connectivity index (χ4v) is 6.99. The van der Waals surface area contributed by atoms with Gasteiger partial charge < -0.3 is 14.4 Å². The maximum atomic E-state index is 12.0. The minimum Gasteiger partial charge on any atom is -0.493 e. The van der Waals surface area contributed by atoms with Gasteiger partial charge in [0.05, 0.1) is 37.8 Å². The molecule has 0 aromatic heterocycles. The number of nitrogens with zero attached hydrogens (tertiary/aromatic N) is 3. The van der Waals surface area contributed by atoms with Gasteiger partial charge in [0.25, 0.3) is 5.91 Å². The molecule has 0 unspecified atom stereocenters. The topological polar surface area (TPSA) is 109 Å². The predicted molar refractivity (Wildman–Crippen MR) is 98.5 cm³/mol. The standard InChI is InChI=1S/C16H17N3O5S2/c1-23-12-4-3-10(7-13(12)24-2)19-11-8-26(21,22)9-14(11)25-16(19)18-15(20)5-6-17/h3-4,7,11,14H,5,8-9H2,1-2H3/t11-,14+/m1/s1. The second-order valence-corrected chi connectivity index (χ2v) is 9.19. The first-order valence-electron chi connectivity index (χ1n) is 7.75. The molecule has 2 heterocycles. The van der Waals surface area contributed by atoms with Crippen LogP contribution < -0.4 is 14.4 Å². The van der Waals surface area contributed by atoms with Gasteiger partial charge in [0.1, 0.15) is 6.42 Å². The van der Waals surface area contributed by atoms with Crippen LogP contribution in [0.1, 0.15) is 6.42 Å². The van der Waals surface area contributed by atoms with Crippen molar-refractivity contribution in [2.45, 2.75) is 17.7 Å². The quantitative estimate of drug-likeness (QED) is 0.749. The zero-order chi connectivity index (χ0) is 18.9. The normalized spacial score (nSPS) is 25.0. The van der Waals surface area contributed by atoms with Crippen LogP contribution >= 0.6 is 11.8 Å². The lowest BCUT2D eigenvalue weighted by atomic mass is 10.2. The van der Waals surface area contributed by atoms with Crippen molar-refractivity contribution < 1.29 is 22.7 Å². The molecule has 0 aliphatic carbocycles. The van der Waals surface area contributed by atoms with Gasteiger partial charge in [-0.15, -0.1) is 0 Å². The van der Waals surface area contributed by atoms with Gasteiger partial charge in [0, 0.05) is 17.0 Å². The number of amides is 1. The molecule has 3 rings (SSSR count). The number of amidine groups is 1. The summed E-state index contributed by atoms with van der Waals surface area (Å²) in [6.07, 6.45) is -0.322. The van der Waals surface area contributed by atoms with E-state index in [0.29, 0.717) is 22.4 Å². The van der Waals surface area contributed by atoms with Gasteiger partial charge >= 0.3 is 0 Å². The summed E-state index contributed by atoms with van der Waals surface area (Å²) >= 11 is 1.26. The van der Waals surface area contributed by atoms with E-state index in [1.165, 1.54) is 26.0 Å². The van der Waals surface area contributed by atoms with E-state index in [4.69, 9.17) is 14.7 Å². The van der Waals surface area contributed by atoms with Gasteiger partial charge in [-0.05, 0) is 12.1 Å². The monoisotopic (exact) mass is 395 g/mol. The van der Waals surface area contributed by atoms with E-state index in [0.717, 1.165) is 0 Å². The van der Waals surface area contributed by atoms with Crippen molar-refractivity contribution >= 4 is 38.4 Å². The molecule has 0 bridgehead atoms. The summed E-state index contributed by atoms with van der Waals surface area (Å²) in [4.78, 5) is 17.6. The summed E-state index contributed by atoms with van der Waals surface area (Å²) in [6.45, 7) is 0. The van der Waals surface area contributed by atoms with Gasteiger partial charge in [0.2, 0.25) is 0 Å².